The summed E-state index contributed by atoms with van der Waals surface area (Å²) in [5.74, 6) is 2.61. The molecule has 0 radical (unpaired) electrons. The Kier molecular flexibility index (Phi) is 5.83. The Morgan fingerprint density at radius 3 is 2.79 bits per heavy atom. The molecule has 29 heavy (non-hydrogen) atoms. The average molecular weight is 402 g/mol. The van der Waals surface area contributed by atoms with Crippen LogP contribution in [-0.2, 0) is 16.1 Å². The number of carbonyl (C=O) groups is 2. The highest BCUT2D eigenvalue weighted by Gasteiger charge is 2.34. The zero-order chi connectivity index (χ0) is 20.4. The van der Waals surface area contributed by atoms with Gasteiger partial charge < -0.3 is 24.0 Å². The molecule has 0 N–H and O–H groups in total. The van der Waals surface area contributed by atoms with Gasteiger partial charge in [-0.15, -0.1) is 0 Å². The molecule has 3 unspecified atom stereocenters. The molecule has 3 atom stereocenters. The molecular formula is C22H30N2O5. The summed E-state index contributed by atoms with van der Waals surface area (Å²) in [6, 6.07) is 6.09. The molecule has 2 fully saturated rings. The summed E-state index contributed by atoms with van der Waals surface area (Å²) in [4.78, 5) is 28.6. The van der Waals surface area contributed by atoms with E-state index in [2.05, 4.69) is 13.8 Å². The maximum atomic E-state index is 13.3. The van der Waals surface area contributed by atoms with Gasteiger partial charge in [-0.2, -0.15) is 0 Å². The van der Waals surface area contributed by atoms with Crippen LogP contribution in [0.4, 0.5) is 4.79 Å². The van der Waals surface area contributed by atoms with Gasteiger partial charge in [0.2, 0.25) is 12.7 Å². The Labute approximate surface area is 171 Å². The third-order valence-electron chi connectivity index (χ3n) is 6.61. The second kappa shape index (κ2) is 8.51. The van der Waals surface area contributed by atoms with Crippen LogP contribution in [0, 0.1) is 11.8 Å². The Hall–Kier alpha value is -2.44. The maximum absolute atomic E-state index is 13.3. The lowest BCUT2D eigenvalue weighted by Gasteiger charge is -2.42. The van der Waals surface area contributed by atoms with Crippen molar-refractivity contribution >= 4 is 12.0 Å². The summed E-state index contributed by atoms with van der Waals surface area (Å²) in [5, 5.41) is 0. The van der Waals surface area contributed by atoms with E-state index in [0.29, 0.717) is 44.5 Å². The highest BCUT2D eigenvalue weighted by molar-refractivity contribution is 5.78. The fraction of sp³-hybridized carbons (Fsp3) is 0.636. The van der Waals surface area contributed by atoms with E-state index in [-0.39, 0.29) is 24.8 Å². The van der Waals surface area contributed by atoms with Gasteiger partial charge in [0.1, 0.15) is 6.61 Å². The van der Waals surface area contributed by atoms with Crippen LogP contribution in [0.25, 0.3) is 0 Å². The molecule has 2 heterocycles. The van der Waals surface area contributed by atoms with Gasteiger partial charge in [0.15, 0.2) is 11.5 Å². The van der Waals surface area contributed by atoms with Gasteiger partial charge in [-0.05, 0) is 36.0 Å². The number of cyclic esters (lactones) is 1. The third kappa shape index (κ3) is 4.28. The minimum Gasteiger partial charge on any atom is -0.454 e. The molecule has 1 aromatic carbocycles. The number of hydrogen-bond acceptors (Lipinski definition) is 5. The normalized spacial score (nSPS) is 25.8. The summed E-state index contributed by atoms with van der Waals surface area (Å²) in [6.07, 6.45) is 3.37. The number of benzene rings is 1. The van der Waals surface area contributed by atoms with E-state index in [1.54, 1.807) is 4.90 Å². The minimum absolute atomic E-state index is 0.0910. The summed E-state index contributed by atoms with van der Waals surface area (Å²) in [5.41, 5.74) is 1.04. The van der Waals surface area contributed by atoms with Crippen molar-refractivity contribution in [2.45, 2.75) is 52.1 Å². The first-order valence-electron chi connectivity index (χ1n) is 10.6. The van der Waals surface area contributed by atoms with Gasteiger partial charge in [0.25, 0.3) is 0 Å². The van der Waals surface area contributed by atoms with Crippen LogP contribution < -0.4 is 9.47 Å². The second-order valence-corrected chi connectivity index (χ2v) is 8.40. The van der Waals surface area contributed by atoms with Crippen molar-refractivity contribution in [2.24, 2.45) is 11.8 Å². The van der Waals surface area contributed by atoms with Crippen LogP contribution >= 0.6 is 0 Å². The van der Waals surface area contributed by atoms with E-state index in [1.807, 2.05) is 23.1 Å². The highest BCUT2D eigenvalue weighted by Crippen LogP contribution is 2.36. The van der Waals surface area contributed by atoms with Crippen LogP contribution in [0.1, 0.15) is 45.1 Å². The van der Waals surface area contributed by atoms with Crippen LogP contribution in [0.15, 0.2) is 18.2 Å². The first-order valence-corrected chi connectivity index (χ1v) is 10.6. The quantitative estimate of drug-likeness (QED) is 0.729. The lowest BCUT2D eigenvalue weighted by atomic mass is 9.77. The number of fused-ring (bicyclic) bond motifs is 1. The largest absolute Gasteiger partial charge is 0.454 e. The Balaban J connectivity index is 1.50. The highest BCUT2D eigenvalue weighted by atomic mass is 16.7. The van der Waals surface area contributed by atoms with Crippen molar-refractivity contribution in [3.05, 3.63) is 23.8 Å². The number of nitrogens with zero attached hydrogens (tertiary/aromatic N) is 2. The summed E-state index contributed by atoms with van der Waals surface area (Å²) in [7, 11) is 0. The zero-order valence-corrected chi connectivity index (χ0v) is 17.3. The van der Waals surface area contributed by atoms with Crippen LogP contribution in [0.2, 0.25) is 0 Å². The number of rotatable bonds is 6. The Morgan fingerprint density at radius 2 is 2.00 bits per heavy atom. The minimum atomic E-state index is -0.320. The van der Waals surface area contributed by atoms with E-state index in [0.717, 1.165) is 29.9 Å². The first kappa shape index (κ1) is 19.9. The standard InChI is InChI=1S/C22H30N2O5/c1-15-4-3-5-18(16(15)2)24(21(25)8-9-23-10-11-27-22(23)26)13-17-6-7-19-20(12-17)29-14-28-19/h6-7,12,15-16,18H,3-5,8-11,13-14H2,1-2H3. The van der Waals surface area contributed by atoms with Gasteiger partial charge >= 0.3 is 6.09 Å². The van der Waals surface area contributed by atoms with Crippen LogP contribution in [0.3, 0.4) is 0 Å². The monoisotopic (exact) mass is 402 g/mol. The summed E-state index contributed by atoms with van der Waals surface area (Å²) < 4.78 is 15.9. The van der Waals surface area contributed by atoms with Gasteiger partial charge in [-0.25, -0.2) is 4.79 Å². The molecule has 2 amide bonds. The van der Waals surface area contributed by atoms with Crippen molar-refractivity contribution in [1.82, 2.24) is 9.80 Å². The molecule has 7 nitrogen and oxygen atoms in total. The molecular weight excluding hydrogens is 372 g/mol. The van der Waals surface area contributed by atoms with Crippen molar-refractivity contribution in [3.8, 4) is 11.5 Å². The average Bonchev–Trinajstić information content (AvgIpc) is 3.35. The third-order valence-corrected chi connectivity index (χ3v) is 6.61. The molecule has 158 valence electrons. The van der Waals surface area contributed by atoms with E-state index in [9.17, 15) is 9.59 Å². The molecule has 1 saturated heterocycles. The van der Waals surface area contributed by atoms with Crippen molar-refractivity contribution in [2.75, 3.05) is 26.5 Å². The van der Waals surface area contributed by atoms with E-state index in [4.69, 9.17) is 14.2 Å². The number of hydrogen-bond donors (Lipinski definition) is 0. The molecule has 4 rings (SSSR count). The fourth-order valence-corrected chi connectivity index (χ4v) is 4.62. The molecule has 2 aliphatic heterocycles. The van der Waals surface area contributed by atoms with Gasteiger partial charge in [0, 0.05) is 25.6 Å². The summed E-state index contributed by atoms with van der Waals surface area (Å²) in [6.45, 7) is 6.70. The number of carbonyl (C=O) groups excluding carboxylic acids is 2. The Bertz CT molecular complexity index is 768. The maximum Gasteiger partial charge on any atom is 0.409 e. The van der Waals surface area contributed by atoms with Crippen LogP contribution in [0.5, 0.6) is 11.5 Å². The van der Waals surface area contributed by atoms with Gasteiger partial charge in [0.05, 0.1) is 6.54 Å². The summed E-state index contributed by atoms with van der Waals surface area (Å²) >= 11 is 0. The van der Waals surface area contributed by atoms with E-state index in [1.165, 1.54) is 6.42 Å². The van der Waals surface area contributed by atoms with Crippen LogP contribution in [-0.4, -0.2) is 54.3 Å². The molecule has 1 aliphatic carbocycles. The first-order chi connectivity index (χ1) is 14.0. The molecule has 3 aliphatic rings. The predicted molar refractivity (Wildman–Crippen MR) is 107 cm³/mol. The smallest absolute Gasteiger partial charge is 0.409 e. The number of ether oxygens (including phenoxy) is 3. The lowest BCUT2D eigenvalue weighted by molar-refractivity contribution is -0.137. The SMILES string of the molecule is CC1CCCC(N(Cc2ccc3c(c2)OCO3)C(=O)CCN2CCOC2=O)C1C. The number of amides is 2. The molecule has 1 aromatic rings. The van der Waals surface area contributed by atoms with E-state index >= 15 is 0 Å². The van der Waals surface area contributed by atoms with Gasteiger partial charge in [-0.1, -0.05) is 32.8 Å². The second-order valence-electron chi connectivity index (χ2n) is 8.40. The fourth-order valence-electron chi connectivity index (χ4n) is 4.62. The molecule has 0 aromatic heterocycles. The Morgan fingerprint density at radius 1 is 1.17 bits per heavy atom. The molecule has 1 saturated carbocycles. The van der Waals surface area contributed by atoms with Crippen molar-refractivity contribution < 1.29 is 23.8 Å². The topological polar surface area (TPSA) is 68.3 Å². The van der Waals surface area contributed by atoms with E-state index < -0.39 is 0 Å². The zero-order valence-electron chi connectivity index (χ0n) is 17.3. The molecule has 0 spiro atoms. The molecule has 7 heteroatoms. The predicted octanol–water partition coefficient (Wildman–Crippen LogP) is 3.41. The van der Waals surface area contributed by atoms with Crippen molar-refractivity contribution in [3.63, 3.8) is 0 Å². The molecule has 0 bridgehead atoms. The van der Waals surface area contributed by atoms with Gasteiger partial charge in [-0.3, -0.25) is 4.79 Å². The van der Waals surface area contributed by atoms with Crippen molar-refractivity contribution in [1.29, 1.82) is 0 Å². The lowest BCUT2D eigenvalue weighted by Crippen LogP contribution is -2.47.